The van der Waals surface area contributed by atoms with Gasteiger partial charge in [0, 0.05) is 31.1 Å². The second-order valence-electron chi connectivity index (χ2n) is 5.60. The third-order valence-electron chi connectivity index (χ3n) is 3.96. The molecule has 2 heterocycles. The van der Waals surface area contributed by atoms with Crippen LogP contribution in [0.4, 0.5) is 0 Å². The van der Waals surface area contributed by atoms with Gasteiger partial charge in [0.25, 0.3) is 5.91 Å². The third kappa shape index (κ3) is 2.56. The highest BCUT2D eigenvalue weighted by Gasteiger charge is 2.28. The van der Waals surface area contributed by atoms with Crippen molar-refractivity contribution in [2.45, 2.75) is 13.0 Å². The Morgan fingerprint density at radius 3 is 2.81 bits per heavy atom. The van der Waals surface area contributed by atoms with E-state index in [1.807, 2.05) is 26.1 Å². The normalized spacial score (nSPS) is 19.9. The maximum Gasteiger partial charge on any atom is 0.349 e. The Balaban J connectivity index is 1.98. The van der Waals surface area contributed by atoms with E-state index in [1.165, 1.54) is 0 Å². The van der Waals surface area contributed by atoms with Gasteiger partial charge in [0.05, 0.1) is 0 Å². The molecule has 0 spiro atoms. The van der Waals surface area contributed by atoms with Crippen LogP contribution in [0.5, 0.6) is 0 Å². The molecule has 3 rings (SSSR count). The minimum atomic E-state index is -0.565. The minimum absolute atomic E-state index is 0.0853. The summed E-state index contributed by atoms with van der Waals surface area (Å²) < 4.78 is 5.25. The van der Waals surface area contributed by atoms with Crippen LogP contribution in [0.25, 0.3) is 11.0 Å². The van der Waals surface area contributed by atoms with Gasteiger partial charge < -0.3 is 14.2 Å². The van der Waals surface area contributed by atoms with E-state index in [1.54, 1.807) is 23.1 Å². The third-order valence-corrected chi connectivity index (χ3v) is 3.96. The zero-order valence-corrected chi connectivity index (χ0v) is 12.2. The van der Waals surface area contributed by atoms with Gasteiger partial charge in [-0.05, 0) is 26.1 Å². The van der Waals surface area contributed by atoms with Gasteiger partial charge in [0.15, 0.2) is 0 Å². The molecular formula is C16H18N2O3. The molecular weight excluding hydrogens is 268 g/mol. The van der Waals surface area contributed by atoms with E-state index in [9.17, 15) is 9.59 Å². The van der Waals surface area contributed by atoms with E-state index in [0.29, 0.717) is 12.1 Å². The van der Waals surface area contributed by atoms with Crippen LogP contribution < -0.4 is 5.63 Å². The zero-order chi connectivity index (χ0) is 15.0. The molecule has 1 aliphatic heterocycles. The Bertz CT molecular complexity index is 738. The number of hydrogen-bond acceptors (Lipinski definition) is 4. The Labute approximate surface area is 122 Å². The lowest BCUT2D eigenvalue weighted by Gasteiger charge is -2.38. The maximum absolute atomic E-state index is 12.6. The van der Waals surface area contributed by atoms with Crippen molar-refractivity contribution in [2.24, 2.45) is 0 Å². The number of rotatable bonds is 1. The molecule has 1 aromatic carbocycles. The molecule has 1 fully saturated rings. The van der Waals surface area contributed by atoms with Crippen LogP contribution in [0, 0.1) is 0 Å². The highest BCUT2D eigenvalue weighted by molar-refractivity contribution is 5.96. The molecule has 0 radical (unpaired) electrons. The quantitative estimate of drug-likeness (QED) is 0.747. The van der Waals surface area contributed by atoms with Crippen molar-refractivity contribution in [3.63, 3.8) is 0 Å². The fourth-order valence-corrected chi connectivity index (χ4v) is 2.81. The first-order valence-electron chi connectivity index (χ1n) is 7.08. The number of hydrogen-bond donors (Lipinski definition) is 0. The molecule has 0 N–H and O–H groups in total. The van der Waals surface area contributed by atoms with Crippen molar-refractivity contribution < 1.29 is 9.21 Å². The molecule has 0 saturated carbocycles. The van der Waals surface area contributed by atoms with Gasteiger partial charge in [-0.2, -0.15) is 0 Å². The number of carbonyl (C=O) groups excluding carboxylic acids is 1. The second-order valence-corrected chi connectivity index (χ2v) is 5.60. The second kappa shape index (κ2) is 5.33. The van der Waals surface area contributed by atoms with Gasteiger partial charge >= 0.3 is 5.63 Å². The molecule has 1 unspecified atom stereocenters. The van der Waals surface area contributed by atoms with Gasteiger partial charge in [0.2, 0.25) is 0 Å². The van der Waals surface area contributed by atoms with Crippen LogP contribution in [0.15, 0.2) is 39.5 Å². The van der Waals surface area contributed by atoms with Gasteiger partial charge in [0.1, 0.15) is 11.1 Å². The van der Waals surface area contributed by atoms with Crippen molar-refractivity contribution in [3.05, 3.63) is 46.3 Å². The van der Waals surface area contributed by atoms with E-state index in [2.05, 4.69) is 4.90 Å². The van der Waals surface area contributed by atoms with Crippen LogP contribution in [0.3, 0.4) is 0 Å². The van der Waals surface area contributed by atoms with Crippen LogP contribution >= 0.6 is 0 Å². The predicted molar refractivity (Wildman–Crippen MR) is 80.5 cm³/mol. The Morgan fingerprint density at radius 1 is 1.29 bits per heavy atom. The fourth-order valence-electron chi connectivity index (χ4n) is 2.81. The topological polar surface area (TPSA) is 53.8 Å². The first kappa shape index (κ1) is 13.8. The molecule has 5 heteroatoms. The molecule has 1 aromatic heterocycles. The van der Waals surface area contributed by atoms with Crippen molar-refractivity contribution in [3.8, 4) is 0 Å². The number of likely N-dealkylation sites (N-methyl/N-ethyl adjacent to an activating group) is 1. The predicted octanol–water partition coefficient (Wildman–Crippen LogP) is 1.57. The molecule has 1 aliphatic rings. The standard InChI is InChI=1S/C16H18N2O3/c1-11-10-17(2)7-8-18(11)15(19)13-9-12-5-3-4-6-14(12)21-16(13)20/h3-6,9,11H,7-8,10H2,1-2H3. The van der Waals surface area contributed by atoms with E-state index in [-0.39, 0.29) is 17.5 Å². The SMILES string of the molecule is CC1CN(C)CCN1C(=O)c1cc2ccccc2oc1=O. The molecule has 1 atom stereocenters. The summed E-state index contributed by atoms with van der Waals surface area (Å²) in [6, 6.07) is 8.94. The number of benzene rings is 1. The highest BCUT2D eigenvalue weighted by atomic mass is 16.4. The number of amides is 1. The number of carbonyl (C=O) groups is 1. The molecule has 5 nitrogen and oxygen atoms in total. The number of fused-ring (bicyclic) bond motifs is 1. The fraction of sp³-hybridized carbons (Fsp3) is 0.375. The summed E-state index contributed by atoms with van der Waals surface area (Å²) in [5.41, 5.74) is 0.0559. The highest BCUT2D eigenvalue weighted by Crippen LogP contribution is 2.16. The van der Waals surface area contributed by atoms with Gasteiger partial charge in [-0.3, -0.25) is 4.79 Å². The summed E-state index contributed by atoms with van der Waals surface area (Å²) in [7, 11) is 2.03. The summed E-state index contributed by atoms with van der Waals surface area (Å²) in [6.07, 6.45) is 0. The van der Waals surface area contributed by atoms with Gasteiger partial charge in [-0.1, -0.05) is 18.2 Å². The van der Waals surface area contributed by atoms with Gasteiger partial charge in [-0.25, -0.2) is 4.79 Å². The van der Waals surface area contributed by atoms with Crippen LogP contribution in [0.1, 0.15) is 17.3 Å². The van der Waals surface area contributed by atoms with Crippen LogP contribution in [-0.2, 0) is 0 Å². The lowest BCUT2D eigenvalue weighted by molar-refractivity contribution is 0.0529. The van der Waals surface area contributed by atoms with E-state index in [0.717, 1.165) is 18.5 Å². The van der Waals surface area contributed by atoms with Crippen molar-refractivity contribution in [2.75, 3.05) is 26.7 Å². The van der Waals surface area contributed by atoms with E-state index < -0.39 is 5.63 Å². The number of para-hydroxylation sites is 1. The molecule has 110 valence electrons. The van der Waals surface area contributed by atoms with Crippen molar-refractivity contribution in [1.82, 2.24) is 9.80 Å². The average Bonchev–Trinajstić information content (AvgIpc) is 2.46. The van der Waals surface area contributed by atoms with Crippen molar-refractivity contribution in [1.29, 1.82) is 0 Å². The average molecular weight is 286 g/mol. The van der Waals surface area contributed by atoms with E-state index in [4.69, 9.17) is 4.42 Å². The first-order valence-corrected chi connectivity index (χ1v) is 7.08. The molecule has 0 bridgehead atoms. The summed E-state index contributed by atoms with van der Waals surface area (Å²) >= 11 is 0. The monoisotopic (exact) mass is 286 g/mol. The summed E-state index contributed by atoms with van der Waals surface area (Å²) in [6.45, 7) is 4.25. The molecule has 1 saturated heterocycles. The van der Waals surface area contributed by atoms with Crippen molar-refractivity contribution >= 4 is 16.9 Å². The number of nitrogens with zero attached hydrogens (tertiary/aromatic N) is 2. The minimum Gasteiger partial charge on any atom is -0.422 e. The Morgan fingerprint density at radius 2 is 2.05 bits per heavy atom. The van der Waals surface area contributed by atoms with Crippen LogP contribution in [0.2, 0.25) is 0 Å². The molecule has 2 aromatic rings. The lowest BCUT2D eigenvalue weighted by Crippen LogP contribution is -2.53. The summed E-state index contributed by atoms with van der Waals surface area (Å²) in [5.74, 6) is -0.241. The zero-order valence-electron chi connectivity index (χ0n) is 12.2. The molecule has 21 heavy (non-hydrogen) atoms. The molecule has 0 aliphatic carbocycles. The summed E-state index contributed by atoms with van der Waals surface area (Å²) in [4.78, 5) is 28.6. The van der Waals surface area contributed by atoms with Crippen LogP contribution in [-0.4, -0.2) is 48.4 Å². The lowest BCUT2D eigenvalue weighted by atomic mass is 10.1. The Hall–Kier alpha value is -2.14. The largest absolute Gasteiger partial charge is 0.422 e. The summed E-state index contributed by atoms with van der Waals surface area (Å²) in [5, 5.41) is 0.766. The first-order chi connectivity index (χ1) is 10.1. The molecule has 1 amide bonds. The van der Waals surface area contributed by atoms with E-state index >= 15 is 0 Å². The smallest absolute Gasteiger partial charge is 0.349 e. The maximum atomic E-state index is 12.6. The number of piperazine rings is 1. The Kier molecular flexibility index (Phi) is 3.51. The van der Waals surface area contributed by atoms with Gasteiger partial charge in [-0.15, -0.1) is 0 Å².